The summed E-state index contributed by atoms with van der Waals surface area (Å²) in [6.07, 6.45) is 1.20. The standard InChI is InChI=1S/C18H22BrN/c1-14(12-13-20(2)3)15-4-6-16(7-5-15)17-8-10-18(19)11-9-17/h4-11,14H,12-13H2,1-3H3. The molecule has 1 atom stereocenters. The molecule has 2 rings (SSSR count). The average molecular weight is 332 g/mol. The summed E-state index contributed by atoms with van der Waals surface area (Å²) in [6.45, 7) is 3.44. The number of hydrogen-bond donors (Lipinski definition) is 0. The van der Waals surface area contributed by atoms with Gasteiger partial charge < -0.3 is 4.90 Å². The van der Waals surface area contributed by atoms with Crippen LogP contribution in [0.15, 0.2) is 53.0 Å². The fourth-order valence-corrected chi connectivity index (χ4v) is 2.53. The zero-order valence-electron chi connectivity index (χ0n) is 12.4. The van der Waals surface area contributed by atoms with Gasteiger partial charge in [0.25, 0.3) is 0 Å². The molecule has 2 heteroatoms. The minimum Gasteiger partial charge on any atom is -0.309 e. The smallest absolute Gasteiger partial charge is 0.0175 e. The van der Waals surface area contributed by atoms with Crippen molar-refractivity contribution in [1.82, 2.24) is 4.90 Å². The van der Waals surface area contributed by atoms with Crippen molar-refractivity contribution in [2.75, 3.05) is 20.6 Å². The molecule has 2 aromatic rings. The monoisotopic (exact) mass is 331 g/mol. The van der Waals surface area contributed by atoms with E-state index in [-0.39, 0.29) is 0 Å². The summed E-state index contributed by atoms with van der Waals surface area (Å²) in [7, 11) is 4.26. The van der Waals surface area contributed by atoms with Gasteiger partial charge in [-0.1, -0.05) is 59.3 Å². The van der Waals surface area contributed by atoms with E-state index < -0.39 is 0 Å². The van der Waals surface area contributed by atoms with Gasteiger partial charge in [-0.25, -0.2) is 0 Å². The van der Waals surface area contributed by atoms with Crippen LogP contribution in [-0.2, 0) is 0 Å². The van der Waals surface area contributed by atoms with Crippen LogP contribution in [0.3, 0.4) is 0 Å². The van der Waals surface area contributed by atoms with E-state index in [1.54, 1.807) is 0 Å². The van der Waals surface area contributed by atoms with Crippen LogP contribution < -0.4 is 0 Å². The first-order valence-electron chi connectivity index (χ1n) is 7.07. The Bertz CT molecular complexity index is 528. The van der Waals surface area contributed by atoms with Gasteiger partial charge in [-0.3, -0.25) is 0 Å². The fraction of sp³-hybridized carbons (Fsp3) is 0.333. The highest BCUT2D eigenvalue weighted by atomic mass is 79.9. The summed E-state index contributed by atoms with van der Waals surface area (Å²) >= 11 is 3.47. The van der Waals surface area contributed by atoms with Gasteiger partial charge in [0.1, 0.15) is 0 Å². The molecule has 0 spiro atoms. The summed E-state index contributed by atoms with van der Waals surface area (Å²) in [5.74, 6) is 0.608. The first kappa shape index (κ1) is 15.3. The summed E-state index contributed by atoms with van der Waals surface area (Å²) < 4.78 is 1.12. The molecule has 0 fully saturated rings. The fourth-order valence-electron chi connectivity index (χ4n) is 2.26. The van der Waals surface area contributed by atoms with E-state index in [9.17, 15) is 0 Å². The lowest BCUT2D eigenvalue weighted by molar-refractivity contribution is 0.386. The molecule has 0 bridgehead atoms. The van der Waals surface area contributed by atoms with Crippen LogP contribution in [0, 0.1) is 0 Å². The predicted octanol–water partition coefficient (Wildman–Crippen LogP) is 5.17. The molecule has 0 aromatic heterocycles. The van der Waals surface area contributed by atoms with Crippen LogP contribution in [0.1, 0.15) is 24.8 Å². The Balaban J connectivity index is 2.07. The molecule has 20 heavy (non-hydrogen) atoms. The molecule has 0 aliphatic carbocycles. The predicted molar refractivity (Wildman–Crippen MR) is 91.2 cm³/mol. The van der Waals surface area contributed by atoms with Crippen molar-refractivity contribution in [1.29, 1.82) is 0 Å². The van der Waals surface area contributed by atoms with E-state index >= 15 is 0 Å². The van der Waals surface area contributed by atoms with Gasteiger partial charge in [-0.05, 0) is 61.8 Å². The molecule has 0 heterocycles. The zero-order valence-corrected chi connectivity index (χ0v) is 14.0. The third-order valence-corrected chi connectivity index (χ3v) is 4.20. The van der Waals surface area contributed by atoms with Gasteiger partial charge in [-0.15, -0.1) is 0 Å². The van der Waals surface area contributed by atoms with E-state index in [4.69, 9.17) is 0 Å². The molecule has 0 aliphatic heterocycles. The van der Waals surface area contributed by atoms with E-state index in [1.807, 2.05) is 0 Å². The van der Waals surface area contributed by atoms with Crippen LogP contribution in [0.5, 0.6) is 0 Å². The molecule has 0 saturated heterocycles. The lowest BCUT2D eigenvalue weighted by Gasteiger charge is -2.16. The number of hydrogen-bond acceptors (Lipinski definition) is 1. The van der Waals surface area contributed by atoms with Crippen molar-refractivity contribution >= 4 is 15.9 Å². The second kappa shape index (κ2) is 7.05. The largest absolute Gasteiger partial charge is 0.309 e. The van der Waals surface area contributed by atoms with Gasteiger partial charge in [0.05, 0.1) is 0 Å². The maximum Gasteiger partial charge on any atom is 0.0175 e. The maximum atomic E-state index is 3.47. The molecular formula is C18H22BrN. The van der Waals surface area contributed by atoms with Crippen molar-refractivity contribution in [2.45, 2.75) is 19.3 Å². The highest BCUT2D eigenvalue weighted by Gasteiger charge is 2.06. The first-order chi connectivity index (χ1) is 9.56. The normalized spacial score (nSPS) is 12.7. The summed E-state index contributed by atoms with van der Waals surface area (Å²) in [6, 6.07) is 17.4. The molecule has 0 saturated carbocycles. The van der Waals surface area contributed by atoms with Crippen molar-refractivity contribution in [3.8, 4) is 11.1 Å². The van der Waals surface area contributed by atoms with E-state index in [0.29, 0.717) is 5.92 Å². The van der Waals surface area contributed by atoms with Gasteiger partial charge >= 0.3 is 0 Å². The lowest BCUT2D eigenvalue weighted by Crippen LogP contribution is -2.14. The number of halogens is 1. The van der Waals surface area contributed by atoms with Gasteiger partial charge in [0.2, 0.25) is 0 Å². The Morgan fingerprint density at radius 1 is 0.900 bits per heavy atom. The Morgan fingerprint density at radius 3 is 1.90 bits per heavy atom. The summed E-state index contributed by atoms with van der Waals surface area (Å²) in [5.41, 5.74) is 3.97. The van der Waals surface area contributed by atoms with E-state index in [2.05, 4.69) is 90.4 Å². The first-order valence-corrected chi connectivity index (χ1v) is 7.86. The number of nitrogens with zero attached hydrogens (tertiary/aromatic N) is 1. The third kappa shape index (κ3) is 4.19. The van der Waals surface area contributed by atoms with Gasteiger partial charge in [-0.2, -0.15) is 0 Å². The molecule has 0 radical (unpaired) electrons. The Labute approximate surface area is 130 Å². The van der Waals surface area contributed by atoms with Crippen molar-refractivity contribution < 1.29 is 0 Å². The SMILES string of the molecule is CC(CCN(C)C)c1ccc(-c2ccc(Br)cc2)cc1. The van der Waals surface area contributed by atoms with E-state index in [1.165, 1.54) is 23.1 Å². The summed E-state index contributed by atoms with van der Waals surface area (Å²) in [4.78, 5) is 2.24. The topological polar surface area (TPSA) is 3.24 Å². The quantitative estimate of drug-likeness (QED) is 0.730. The third-order valence-electron chi connectivity index (χ3n) is 3.67. The van der Waals surface area contributed by atoms with Crippen LogP contribution in [0.25, 0.3) is 11.1 Å². The minimum absolute atomic E-state index is 0.608. The van der Waals surface area contributed by atoms with E-state index in [0.717, 1.165) is 11.0 Å². The van der Waals surface area contributed by atoms with Crippen molar-refractivity contribution in [2.24, 2.45) is 0 Å². The Kier molecular flexibility index (Phi) is 5.38. The Hall–Kier alpha value is -1.12. The molecule has 1 nitrogen and oxygen atoms in total. The highest BCUT2D eigenvalue weighted by Crippen LogP contribution is 2.25. The maximum absolute atomic E-state index is 3.47. The van der Waals surface area contributed by atoms with Gasteiger partial charge in [0, 0.05) is 4.47 Å². The zero-order chi connectivity index (χ0) is 14.5. The molecule has 0 amide bonds. The number of rotatable bonds is 5. The minimum atomic E-state index is 0.608. The molecule has 1 unspecified atom stereocenters. The lowest BCUT2D eigenvalue weighted by atomic mass is 9.95. The molecular weight excluding hydrogens is 310 g/mol. The number of benzene rings is 2. The van der Waals surface area contributed by atoms with Gasteiger partial charge in [0.15, 0.2) is 0 Å². The molecule has 0 aliphatic rings. The second-order valence-electron chi connectivity index (χ2n) is 5.62. The van der Waals surface area contributed by atoms with Crippen molar-refractivity contribution in [3.05, 3.63) is 58.6 Å². The van der Waals surface area contributed by atoms with Crippen LogP contribution in [0.2, 0.25) is 0 Å². The molecule has 0 N–H and O–H groups in total. The summed E-state index contributed by atoms with van der Waals surface area (Å²) in [5, 5.41) is 0. The van der Waals surface area contributed by atoms with Crippen molar-refractivity contribution in [3.63, 3.8) is 0 Å². The van der Waals surface area contributed by atoms with Crippen LogP contribution in [0.4, 0.5) is 0 Å². The average Bonchev–Trinajstić information content (AvgIpc) is 2.46. The highest BCUT2D eigenvalue weighted by molar-refractivity contribution is 9.10. The van der Waals surface area contributed by atoms with Crippen LogP contribution in [-0.4, -0.2) is 25.5 Å². The molecule has 2 aromatic carbocycles. The molecule has 106 valence electrons. The Morgan fingerprint density at radius 2 is 1.40 bits per heavy atom. The van der Waals surface area contributed by atoms with Crippen LogP contribution >= 0.6 is 15.9 Å². The second-order valence-corrected chi connectivity index (χ2v) is 6.54.